The van der Waals surface area contributed by atoms with Gasteiger partial charge in [0.2, 0.25) is 5.91 Å². The summed E-state index contributed by atoms with van der Waals surface area (Å²) < 4.78 is 4.87. The van der Waals surface area contributed by atoms with E-state index in [1.54, 1.807) is 25.1 Å². The minimum atomic E-state index is -0.687. The predicted octanol–water partition coefficient (Wildman–Crippen LogP) is 4.32. The summed E-state index contributed by atoms with van der Waals surface area (Å²) in [5.41, 5.74) is 7.56. The van der Waals surface area contributed by atoms with Gasteiger partial charge in [0, 0.05) is 0 Å². The van der Waals surface area contributed by atoms with Crippen LogP contribution < -0.4 is 16.4 Å². The van der Waals surface area contributed by atoms with E-state index in [4.69, 9.17) is 21.9 Å². The molecule has 1 aliphatic carbocycles. The molecule has 1 aromatic carbocycles. The van der Waals surface area contributed by atoms with Gasteiger partial charge in [-0.3, -0.25) is 9.59 Å². The summed E-state index contributed by atoms with van der Waals surface area (Å²) in [4.78, 5) is 26.0. The highest BCUT2D eigenvalue weighted by Crippen LogP contribution is 2.29. The summed E-state index contributed by atoms with van der Waals surface area (Å²) in [7, 11) is 0. The zero-order chi connectivity index (χ0) is 20.8. The molecule has 1 heterocycles. The lowest BCUT2D eigenvalue weighted by Crippen LogP contribution is -2.48. The van der Waals surface area contributed by atoms with Gasteiger partial charge in [0.15, 0.2) is 0 Å². The first-order valence-electron chi connectivity index (χ1n) is 10.0. The van der Waals surface area contributed by atoms with Crippen molar-refractivity contribution in [1.29, 1.82) is 0 Å². The Morgan fingerprint density at radius 1 is 1.21 bits per heavy atom. The van der Waals surface area contributed by atoms with Gasteiger partial charge >= 0.3 is 0 Å². The van der Waals surface area contributed by atoms with Crippen LogP contribution in [0, 0.1) is 12.8 Å². The Hall–Kier alpha value is -2.54. The summed E-state index contributed by atoms with van der Waals surface area (Å²) in [5.74, 6) is -0.628. The molecular formula is C21H27ClN4O3. The number of hydrogen-bond donors (Lipinski definition) is 3. The minimum Gasteiger partial charge on any atom is -0.396 e. The van der Waals surface area contributed by atoms with E-state index in [0.717, 1.165) is 38.5 Å². The molecule has 0 spiro atoms. The molecule has 1 aromatic heterocycles. The molecule has 3 rings (SSSR count). The largest absolute Gasteiger partial charge is 0.396 e. The first-order valence-corrected chi connectivity index (χ1v) is 10.4. The Morgan fingerprint density at radius 3 is 2.55 bits per heavy atom. The number of nitrogens with two attached hydrogens (primary N) is 1. The van der Waals surface area contributed by atoms with E-state index < -0.39 is 6.04 Å². The Kier molecular flexibility index (Phi) is 7.14. The fourth-order valence-electron chi connectivity index (χ4n) is 3.80. The number of carbonyl (C=O) groups excluding carboxylic acids is 2. The molecule has 0 aliphatic heterocycles. The third kappa shape index (κ3) is 5.29. The second-order valence-electron chi connectivity index (χ2n) is 7.56. The number of rotatable bonds is 5. The zero-order valence-electron chi connectivity index (χ0n) is 16.5. The Bertz CT molecular complexity index is 859. The molecule has 2 aromatic rings. The molecule has 0 saturated heterocycles. The monoisotopic (exact) mass is 418 g/mol. The smallest absolute Gasteiger partial charge is 0.257 e. The Morgan fingerprint density at radius 2 is 1.90 bits per heavy atom. The lowest BCUT2D eigenvalue weighted by molar-refractivity contribution is -0.119. The van der Waals surface area contributed by atoms with E-state index in [0.29, 0.717) is 27.7 Å². The Labute approximate surface area is 175 Å². The van der Waals surface area contributed by atoms with Crippen molar-refractivity contribution in [3.8, 4) is 0 Å². The molecule has 1 saturated carbocycles. The van der Waals surface area contributed by atoms with Crippen molar-refractivity contribution >= 4 is 34.8 Å². The molecule has 1 fully saturated rings. The number of hydrogen-bond acceptors (Lipinski definition) is 5. The second-order valence-corrected chi connectivity index (χ2v) is 7.97. The number of nitrogen functional groups attached to an aromatic ring is 1. The van der Waals surface area contributed by atoms with Gasteiger partial charge in [-0.2, -0.15) is 0 Å². The van der Waals surface area contributed by atoms with Crippen LogP contribution in [-0.4, -0.2) is 23.0 Å². The van der Waals surface area contributed by atoms with E-state index >= 15 is 0 Å². The molecule has 7 nitrogen and oxygen atoms in total. The number of para-hydroxylation sites is 1. The van der Waals surface area contributed by atoms with E-state index in [1.165, 1.54) is 12.7 Å². The van der Waals surface area contributed by atoms with Gasteiger partial charge in [0.25, 0.3) is 5.91 Å². The van der Waals surface area contributed by atoms with Crippen LogP contribution in [-0.2, 0) is 4.79 Å². The number of anilines is 2. The highest BCUT2D eigenvalue weighted by Gasteiger charge is 2.31. The number of benzene rings is 1. The van der Waals surface area contributed by atoms with Crippen LogP contribution >= 0.6 is 11.6 Å². The lowest BCUT2D eigenvalue weighted by Gasteiger charge is -2.29. The number of aryl methyl sites for hydroxylation is 1. The highest BCUT2D eigenvalue weighted by atomic mass is 35.5. The maximum atomic E-state index is 13.2. The second kappa shape index (κ2) is 9.78. The number of carbonyl (C=O) groups is 2. The lowest BCUT2D eigenvalue weighted by atomic mass is 9.85. The molecule has 0 radical (unpaired) electrons. The number of halogens is 1. The summed E-state index contributed by atoms with van der Waals surface area (Å²) in [6.07, 6.45) is 8.64. The third-order valence-electron chi connectivity index (χ3n) is 5.50. The molecule has 4 N–H and O–H groups in total. The van der Waals surface area contributed by atoms with Gasteiger partial charge in [-0.1, -0.05) is 54.9 Å². The van der Waals surface area contributed by atoms with Crippen LogP contribution in [0.5, 0.6) is 0 Å². The summed E-state index contributed by atoms with van der Waals surface area (Å²) >= 11 is 6.07. The Balaban J connectivity index is 1.82. The van der Waals surface area contributed by atoms with Gasteiger partial charge in [-0.05, 0) is 37.8 Å². The van der Waals surface area contributed by atoms with Crippen LogP contribution in [0.4, 0.5) is 11.4 Å². The average Bonchev–Trinajstić information content (AvgIpc) is 3.10. The molecule has 1 unspecified atom stereocenters. The first-order chi connectivity index (χ1) is 14.0. The summed E-state index contributed by atoms with van der Waals surface area (Å²) in [6, 6.07) is 4.39. The topological polar surface area (TPSA) is 110 Å². The quantitative estimate of drug-likeness (QED) is 0.626. The third-order valence-corrected chi connectivity index (χ3v) is 5.83. The van der Waals surface area contributed by atoms with E-state index in [9.17, 15) is 9.59 Å². The van der Waals surface area contributed by atoms with E-state index in [1.807, 2.05) is 0 Å². The molecule has 29 heavy (non-hydrogen) atoms. The van der Waals surface area contributed by atoms with Crippen LogP contribution in [0.2, 0.25) is 5.02 Å². The molecule has 1 aliphatic rings. The maximum Gasteiger partial charge on any atom is 0.257 e. The van der Waals surface area contributed by atoms with Crippen molar-refractivity contribution in [3.05, 3.63) is 40.7 Å². The fourth-order valence-corrected chi connectivity index (χ4v) is 3.98. The highest BCUT2D eigenvalue weighted by molar-refractivity contribution is 6.33. The van der Waals surface area contributed by atoms with Crippen molar-refractivity contribution in [2.75, 3.05) is 11.1 Å². The molecule has 0 bridgehead atoms. The normalized spacial score (nSPS) is 16.5. The van der Waals surface area contributed by atoms with Gasteiger partial charge in [-0.25, -0.2) is 0 Å². The van der Waals surface area contributed by atoms with E-state index in [2.05, 4.69) is 15.8 Å². The number of amides is 2. The number of nitrogens with zero attached hydrogens (tertiary/aromatic N) is 1. The van der Waals surface area contributed by atoms with Gasteiger partial charge in [0.05, 0.1) is 22.1 Å². The molecule has 8 heteroatoms. The van der Waals surface area contributed by atoms with Crippen LogP contribution in [0.15, 0.2) is 29.0 Å². The van der Waals surface area contributed by atoms with E-state index in [-0.39, 0.29) is 17.7 Å². The van der Waals surface area contributed by atoms with Crippen LogP contribution in [0.1, 0.15) is 61.0 Å². The maximum absolute atomic E-state index is 13.2. The van der Waals surface area contributed by atoms with Gasteiger partial charge in [0.1, 0.15) is 17.9 Å². The van der Waals surface area contributed by atoms with Crippen molar-refractivity contribution in [1.82, 2.24) is 10.5 Å². The molecule has 2 amide bonds. The van der Waals surface area contributed by atoms with Crippen molar-refractivity contribution in [2.24, 2.45) is 5.92 Å². The minimum absolute atomic E-state index is 0.0415. The van der Waals surface area contributed by atoms with Crippen molar-refractivity contribution in [2.45, 2.75) is 57.9 Å². The van der Waals surface area contributed by atoms with Gasteiger partial charge < -0.3 is 20.9 Å². The first kappa shape index (κ1) is 21.2. The average molecular weight is 419 g/mol. The van der Waals surface area contributed by atoms with Gasteiger partial charge in [-0.15, -0.1) is 0 Å². The molecular weight excluding hydrogens is 392 g/mol. The molecule has 156 valence electrons. The predicted molar refractivity (Wildman–Crippen MR) is 113 cm³/mol. The standard InChI is InChI=1S/C21H27ClN4O3/c1-13-15(12-29-26-13)20(27)25-19(14-8-5-3-2-4-6-9-14)21(28)24-17-11-7-10-16(22)18(17)23/h7,10-12,14,19H,2-6,8-9,23H2,1H3,(H,24,28)(H,25,27). The van der Waals surface area contributed by atoms with Crippen molar-refractivity contribution < 1.29 is 14.1 Å². The van der Waals surface area contributed by atoms with Crippen molar-refractivity contribution in [3.63, 3.8) is 0 Å². The zero-order valence-corrected chi connectivity index (χ0v) is 17.3. The van der Waals surface area contributed by atoms with Crippen LogP contribution in [0.25, 0.3) is 0 Å². The fraction of sp³-hybridized carbons (Fsp3) is 0.476. The van der Waals surface area contributed by atoms with Crippen LogP contribution in [0.3, 0.4) is 0 Å². The number of nitrogens with one attached hydrogen (secondary N) is 2. The SMILES string of the molecule is Cc1nocc1C(=O)NC(C(=O)Nc1cccc(Cl)c1N)C1CCCCCCC1. The molecule has 1 atom stereocenters. The summed E-state index contributed by atoms with van der Waals surface area (Å²) in [6.45, 7) is 1.69. The number of aromatic nitrogens is 1. The summed E-state index contributed by atoms with van der Waals surface area (Å²) in [5, 5.41) is 9.88.